The molecule has 4 aromatic rings. The van der Waals surface area contributed by atoms with E-state index in [2.05, 4.69) is 15.6 Å². The molecule has 33 heavy (non-hydrogen) atoms. The summed E-state index contributed by atoms with van der Waals surface area (Å²) in [4.78, 5) is 40.3. The van der Waals surface area contributed by atoms with Crippen LogP contribution in [0.5, 0.6) is 0 Å². The maximum Gasteiger partial charge on any atom is 0.255 e. The van der Waals surface area contributed by atoms with Crippen molar-refractivity contribution in [3.63, 3.8) is 0 Å². The molecule has 0 aliphatic rings. The Labute approximate surface area is 195 Å². The molecule has 8 heteroatoms. The fourth-order valence-electron chi connectivity index (χ4n) is 3.47. The van der Waals surface area contributed by atoms with Crippen LogP contribution in [-0.2, 0) is 0 Å². The van der Waals surface area contributed by atoms with Crippen LogP contribution < -0.4 is 16.2 Å². The van der Waals surface area contributed by atoms with Crippen LogP contribution in [0.4, 0.5) is 0 Å². The number of fused-ring (bicyclic) bond motifs is 1. The van der Waals surface area contributed by atoms with E-state index in [-0.39, 0.29) is 23.9 Å². The number of pyridine rings is 1. The molecule has 7 nitrogen and oxygen atoms in total. The van der Waals surface area contributed by atoms with Crippen molar-refractivity contribution in [2.75, 3.05) is 6.54 Å². The smallest absolute Gasteiger partial charge is 0.255 e. The molecule has 0 aliphatic heterocycles. The van der Waals surface area contributed by atoms with Crippen molar-refractivity contribution < 1.29 is 9.59 Å². The van der Waals surface area contributed by atoms with Gasteiger partial charge in [0.2, 0.25) is 0 Å². The van der Waals surface area contributed by atoms with Crippen LogP contribution in [0.15, 0.2) is 77.9 Å². The van der Waals surface area contributed by atoms with Crippen LogP contribution in [-0.4, -0.2) is 33.4 Å². The van der Waals surface area contributed by atoms with E-state index in [1.54, 1.807) is 67.0 Å². The minimum absolute atomic E-state index is 0.147. The summed E-state index contributed by atoms with van der Waals surface area (Å²) in [6.07, 6.45) is 3.35. The van der Waals surface area contributed by atoms with Crippen molar-refractivity contribution >= 4 is 34.3 Å². The summed E-state index contributed by atoms with van der Waals surface area (Å²) in [5.74, 6) is -0.522. The lowest BCUT2D eigenvalue weighted by Crippen LogP contribution is -2.51. The molecule has 0 radical (unpaired) electrons. The Morgan fingerprint density at radius 1 is 1.00 bits per heavy atom. The van der Waals surface area contributed by atoms with Gasteiger partial charge in [0, 0.05) is 52.7 Å². The second-order valence-electron chi connectivity index (χ2n) is 8.37. The Morgan fingerprint density at radius 3 is 2.45 bits per heavy atom. The van der Waals surface area contributed by atoms with Crippen LogP contribution in [0.1, 0.15) is 34.6 Å². The minimum Gasteiger partial charge on any atom is -0.360 e. The molecule has 0 aliphatic carbocycles. The quantitative estimate of drug-likeness (QED) is 0.405. The molecule has 168 valence electrons. The van der Waals surface area contributed by atoms with Crippen LogP contribution >= 0.6 is 11.6 Å². The molecule has 2 aromatic heterocycles. The molecule has 0 fully saturated rings. The van der Waals surface area contributed by atoms with E-state index < -0.39 is 5.54 Å². The summed E-state index contributed by atoms with van der Waals surface area (Å²) >= 11 is 6.09. The van der Waals surface area contributed by atoms with Gasteiger partial charge in [-0.2, -0.15) is 0 Å². The largest absolute Gasteiger partial charge is 0.360 e. The molecule has 3 N–H and O–H groups in total. The summed E-state index contributed by atoms with van der Waals surface area (Å²) in [5.41, 5.74) is 1.56. The van der Waals surface area contributed by atoms with Gasteiger partial charge in [-0.15, -0.1) is 0 Å². The van der Waals surface area contributed by atoms with Crippen molar-refractivity contribution in [2.45, 2.75) is 19.4 Å². The summed E-state index contributed by atoms with van der Waals surface area (Å²) < 4.78 is 1.50. The van der Waals surface area contributed by atoms with Gasteiger partial charge in [-0.1, -0.05) is 23.7 Å². The zero-order valence-corrected chi connectivity index (χ0v) is 18.9. The molecule has 0 saturated carbocycles. The van der Waals surface area contributed by atoms with Crippen LogP contribution in [0.2, 0.25) is 5.02 Å². The molecule has 0 atom stereocenters. The predicted molar refractivity (Wildman–Crippen MR) is 129 cm³/mol. The topological polar surface area (TPSA) is 96.0 Å². The van der Waals surface area contributed by atoms with Gasteiger partial charge in [-0.05, 0) is 56.3 Å². The van der Waals surface area contributed by atoms with Crippen LogP contribution in [0.25, 0.3) is 16.6 Å². The number of hydrogen-bond acceptors (Lipinski definition) is 3. The Hall–Kier alpha value is -3.84. The maximum atomic E-state index is 12.7. The van der Waals surface area contributed by atoms with Crippen LogP contribution in [0, 0.1) is 0 Å². The molecule has 4 rings (SSSR count). The first kappa shape index (κ1) is 22.4. The van der Waals surface area contributed by atoms with Gasteiger partial charge in [-0.3, -0.25) is 19.0 Å². The van der Waals surface area contributed by atoms with Gasteiger partial charge >= 0.3 is 0 Å². The number of nitrogens with zero attached hydrogens (tertiary/aromatic N) is 1. The lowest BCUT2D eigenvalue weighted by atomic mass is 10.0. The number of amides is 2. The summed E-state index contributed by atoms with van der Waals surface area (Å²) in [7, 11) is 0. The third-order valence-corrected chi connectivity index (χ3v) is 5.58. The molecule has 0 spiro atoms. The SMILES string of the molecule is CC(C)(CNC(=O)c1ccc(-n2ccccc2=O)cc1)NC(=O)c1ccc2c(Cl)c[nH]c2c1. The van der Waals surface area contributed by atoms with Crippen LogP contribution in [0.3, 0.4) is 0 Å². The Balaban J connectivity index is 1.38. The van der Waals surface area contributed by atoms with Crippen molar-refractivity contribution in [1.29, 1.82) is 0 Å². The first-order chi connectivity index (χ1) is 15.7. The number of carbonyl (C=O) groups excluding carboxylic acids is 2. The van der Waals surface area contributed by atoms with Crippen molar-refractivity contribution in [3.8, 4) is 5.69 Å². The lowest BCUT2D eigenvalue weighted by molar-refractivity contribution is 0.0882. The average molecular weight is 463 g/mol. The van der Waals surface area contributed by atoms with E-state index >= 15 is 0 Å². The first-order valence-electron chi connectivity index (χ1n) is 10.4. The molecular formula is C25H23ClN4O3. The highest BCUT2D eigenvalue weighted by Gasteiger charge is 2.23. The Kier molecular flexibility index (Phi) is 6.07. The third kappa shape index (κ3) is 4.99. The molecular weight excluding hydrogens is 440 g/mol. The fraction of sp³-hybridized carbons (Fsp3) is 0.160. The van der Waals surface area contributed by atoms with E-state index in [4.69, 9.17) is 11.6 Å². The number of nitrogens with one attached hydrogen (secondary N) is 3. The lowest BCUT2D eigenvalue weighted by Gasteiger charge is -2.26. The summed E-state index contributed by atoms with van der Waals surface area (Å²) in [6, 6.07) is 16.9. The van der Waals surface area contributed by atoms with E-state index in [0.29, 0.717) is 21.8 Å². The van der Waals surface area contributed by atoms with E-state index in [1.165, 1.54) is 10.6 Å². The van der Waals surface area contributed by atoms with E-state index in [0.717, 1.165) is 10.9 Å². The molecule has 2 aromatic carbocycles. The highest BCUT2D eigenvalue weighted by molar-refractivity contribution is 6.35. The maximum absolute atomic E-state index is 12.7. The van der Waals surface area contributed by atoms with E-state index in [9.17, 15) is 14.4 Å². The summed E-state index contributed by atoms with van der Waals surface area (Å²) in [6.45, 7) is 3.90. The molecule has 2 heterocycles. The minimum atomic E-state index is -0.688. The first-order valence-corrected chi connectivity index (χ1v) is 10.8. The normalized spacial score (nSPS) is 11.4. The number of H-pyrrole nitrogens is 1. The Bertz CT molecular complexity index is 1390. The number of rotatable bonds is 6. The van der Waals surface area contributed by atoms with Crippen molar-refractivity contribution in [2.24, 2.45) is 0 Å². The van der Waals surface area contributed by atoms with Gasteiger partial charge in [0.15, 0.2) is 0 Å². The fourth-order valence-corrected chi connectivity index (χ4v) is 3.69. The van der Waals surface area contributed by atoms with Gasteiger partial charge in [-0.25, -0.2) is 0 Å². The number of halogens is 1. The monoisotopic (exact) mass is 462 g/mol. The van der Waals surface area contributed by atoms with Gasteiger partial charge in [0.1, 0.15) is 0 Å². The number of aromatic nitrogens is 2. The molecule has 0 saturated heterocycles. The molecule has 0 unspecified atom stereocenters. The number of benzene rings is 2. The molecule has 0 bridgehead atoms. The second kappa shape index (κ2) is 8.96. The van der Waals surface area contributed by atoms with Gasteiger partial charge < -0.3 is 15.6 Å². The van der Waals surface area contributed by atoms with Gasteiger partial charge in [0.25, 0.3) is 17.4 Å². The van der Waals surface area contributed by atoms with Crippen molar-refractivity contribution in [1.82, 2.24) is 20.2 Å². The highest BCUT2D eigenvalue weighted by Crippen LogP contribution is 2.23. The number of carbonyl (C=O) groups is 2. The zero-order valence-electron chi connectivity index (χ0n) is 18.2. The predicted octanol–water partition coefficient (Wildman–Crippen LogP) is 3.91. The number of aromatic amines is 1. The highest BCUT2D eigenvalue weighted by atomic mass is 35.5. The zero-order chi connectivity index (χ0) is 23.6. The van der Waals surface area contributed by atoms with E-state index in [1.807, 2.05) is 13.8 Å². The summed E-state index contributed by atoms with van der Waals surface area (Å²) in [5, 5.41) is 7.25. The van der Waals surface area contributed by atoms with Crippen molar-refractivity contribution in [3.05, 3.63) is 99.6 Å². The standard InChI is InChI=1S/C25H23ClN4O3/c1-25(2,29-24(33)17-8-11-19-20(26)14-27-21(19)13-17)15-28-23(32)16-6-9-18(10-7-16)30-12-4-3-5-22(30)31/h3-14,27H,15H2,1-2H3,(H,28,32)(H,29,33). The van der Waals surface area contributed by atoms with Gasteiger partial charge in [0.05, 0.1) is 10.6 Å². The number of hydrogen-bond donors (Lipinski definition) is 3. The average Bonchev–Trinajstić information content (AvgIpc) is 3.18. The molecule has 2 amide bonds. The Morgan fingerprint density at radius 2 is 1.73 bits per heavy atom. The second-order valence-corrected chi connectivity index (χ2v) is 8.78. The third-order valence-electron chi connectivity index (χ3n) is 5.27.